The van der Waals surface area contributed by atoms with Crippen molar-refractivity contribution in [3.05, 3.63) is 28.8 Å². The molecule has 0 bridgehead atoms. The van der Waals surface area contributed by atoms with Crippen LogP contribution >= 0.6 is 11.6 Å². The number of hydrogen-bond acceptors (Lipinski definition) is 4. The topological polar surface area (TPSA) is 41.7 Å². The van der Waals surface area contributed by atoms with Gasteiger partial charge in [-0.15, -0.1) is 0 Å². The van der Waals surface area contributed by atoms with Crippen molar-refractivity contribution in [2.24, 2.45) is 5.73 Å². The van der Waals surface area contributed by atoms with Gasteiger partial charge in [0, 0.05) is 43.3 Å². The molecule has 2 N–H and O–H groups in total. The van der Waals surface area contributed by atoms with Gasteiger partial charge < -0.3 is 15.4 Å². The lowest BCUT2D eigenvalue weighted by Crippen LogP contribution is -2.46. The Morgan fingerprint density at radius 2 is 1.90 bits per heavy atom. The predicted octanol–water partition coefficient (Wildman–Crippen LogP) is 1.81. The zero-order chi connectivity index (χ0) is 14.4. The minimum absolute atomic E-state index is 0.766. The Kier molecular flexibility index (Phi) is 6.10. The van der Waals surface area contributed by atoms with Gasteiger partial charge in [0.05, 0.1) is 7.11 Å². The molecule has 1 aliphatic rings. The summed E-state index contributed by atoms with van der Waals surface area (Å²) in [6.45, 7) is 7.19. The second-order valence-corrected chi connectivity index (χ2v) is 5.65. The zero-order valence-corrected chi connectivity index (χ0v) is 12.9. The average molecular weight is 298 g/mol. The highest BCUT2D eigenvalue weighted by Crippen LogP contribution is 2.24. The maximum atomic E-state index is 6.08. The molecule has 2 rings (SSSR count). The van der Waals surface area contributed by atoms with Gasteiger partial charge in [-0.05, 0) is 37.7 Å². The Labute approximate surface area is 126 Å². The largest absolute Gasteiger partial charge is 0.496 e. The molecule has 0 aliphatic carbocycles. The molecular formula is C15H24ClN3O. The number of piperazine rings is 1. The predicted molar refractivity (Wildman–Crippen MR) is 83.4 cm³/mol. The van der Waals surface area contributed by atoms with E-state index in [-0.39, 0.29) is 0 Å². The molecule has 5 heteroatoms. The van der Waals surface area contributed by atoms with E-state index >= 15 is 0 Å². The highest BCUT2D eigenvalue weighted by Gasteiger charge is 2.17. The van der Waals surface area contributed by atoms with Crippen LogP contribution in [0, 0.1) is 0 Å². The quantitative estimate of drug-likeness (QED) is 0.870. The van der Waals surface area contributed by atoms with Crippen LogP contribution in [0.1, 0.15) is 12.0 Å². The highest BCUT2D eigenvalue weighted by atomic mass is 35.5. The van der Waals surface area contributed by atoms with Crippen molar-refractivity contribution in [1.82, 2.24) is 9.80 Å². The number of nitrogens with two attached hydrogens (primary N) is 1. The zero-order valence-electron chi connectivity index (χ0n) is 12.1. The molecule has 1 heterocycles. The lowest BCUT2D eigenvalue weighted by atomic mass is 10.1. The summed E-state index contributed by atoms with van der Waals surface area (Å²) in [6, 6.07) is 5.81. The molecule has 20 heavy (non-hydrogen) atoms. The third kappa shape index (κ3) is 4.35. The molecule has 4 nitrogen and oxygen atoms in total. The Morgan fingerprint density at radius 1 is 1.20 bits per heavy atom. The van der Waals surface area contributed by atoms with Crippen LogP contribution < -0.4 is 10.5 Å². The van der Waals surface area contributed by atoms with Crippen molar-refractivity contribution in [2.45, 2.75) is 13.0 Å². The lowest BCUT2D eigenvalue weighted by molar-refractivity contribution is 0.126. The van der Waals surface area contributed by atoms with E-state index < -0.39 is 0 Å². The molecule has 1 aromatic rings. The smallest absolute Gasteiger partial charge is 0.123 e. The Bertz CT molecular complexity index is 420. The number of hydrogen-bond donors (Lipinski definition) is 1. The summed E-state index contributed by atoms with van der Waals surface area (Å²) < 4.78 is 5.41. The van der Waals surface area contributed by atoms with Gasteiger partial charge in [-0.1, -0.05) is 11.6 Å². The van der Waals surface area contributed by atoms with Crippen molar-refractivity contribution in [2.75, 3.05) is 46.4 Å². The summed E-state index contributed by atoms with van der Waals surface area (Å²) in [4.78, 5) is 4.94. The molecule has 1 saturated heterocycles. The van der Waals surface area contributed by atoms with Crippen LogP contribution in [-0.2, 0) is 6.54 Å². The van der Waals surface area contributed by atoms with Crippen molar-refractivity contribution in [3.8, 4) is 5.75 Å². The maximum Gasteiger partial charge on any atom is 0.123 e. The monoisotopic (exact) mass is 297 g/mol. The number of rotatable bonds is 6. The number of methoxy groups -OCH3 is 1. The first-order chi connectivity index (χ1) is 9.72. The van der Waals surface area contributed by atoms with E-state index in [9.17, 15) is 0 Å². The molecule has 1 fully saturated rings. The van der Waals surface area contributed by atoms with Gasteiger partial charge in [-0.2, -0.15) is 0 Å². The van der Waals surface area contributed by atoms with E-state index in [1.165, 1.54) is 0 Å². The molecule has 1 aromatic carbocycles. The fourth-order valence-electron chi connectivity index (χ4n) is 2.60. The van der Waals surface area contributed by atoms with Gasteiger partial charge in [0.15, 0.2) is 0 Å². The van der Waals surface area contributed by atoms with Crippen molar-refractivity contribution in [3.63, 3.8) is 0 Å². The Balaban J connectivity index is 1.87. The summed E-state index contributed by atoms with van der Waals surface area (Å²) >= 11 is 6.08. The van der Waals surface area contributed by atoms with E-state index in [4.69, 9.17) is 22.1 Å². The molecule has 0 unspecified atom stereocenters. The third-order valence-electron chi connectivity index (χ3n) is 3.78. The van der Waals surface area contributed by atoms with Crippen molar-refractivity contribution in [1.29, 1.82) is 0 Å². The van der Waals surface area contributed by atoms with E-state index in [1.54, 1.807) is 7.11 Å². The lowest BCUT2D eigenvalue weighted by Gasteiger charge is -2.34. The molecular weight excluding hydrogens is 274 g/mol. The molecule has 0 saturated carbocycles. The van der Waals surface area contributed by atoms with Crippen LogP contribution in [0.25, 0.3) is 0 Å². The number of benzene rings is 1. The standard InChI is InChI=1S/C15H24ClN3O/c1-20-15-4-3-14(16)11-13(15)12-19-9-7-18(8-10-19)6-2-5-17/h3-4,11H,2,5-10,12,17H2,1H3. The van der Waals surface area contributed by atoms with Gasteiger partial charge >= 0.3 is 0 Å². The van der Waals surface area contributed by atoms with Gasteiger partial charge in [-0.25, -0.2) is 0 Å². The van der Waals surface area contributed by atoms with Crippen LogP contribution in [0.15, 0.2) is 18.2 Å². The molecule has 112 valence electrons. The van der Waals surface area contributed by atoms with E-state index in [1.807, 2.05) is 18.2 Å². The number of ether oxygens (including phenoxy) is 1. The number of nitrogens with zero attached hydrogens (tertiary/aromatic N) is 2. The Hall–Kier alpha value is -0.810. The van der Waals surface area contributed by atoms with E-state index in [2.05, 4.69) is 9.80 Å². The fourth-order valence-corrected chi connectivity index (χ4v) is 2.79. The van der Waals surface area contributed by atoms with Crippen LogP contribution in [0.3, 0.4) is 0 Å². The van der Waals surface area contributed by atoms with Gasteiger partial charge in [0.1, 0.15) is 5.75 Å². The second-order valence-electron chi connectivity index (χ2n) is 5.22. The second kappa shape index (κ2) is 7.84. The summed E-state index contributed by atoms with van der Waals surface area (Å²) in [7, 11) is 1.71. The SMILES string of the molecule is COc1ccc(Cl)cc1CN1CCN(CCCN)CC1. The van der Waals surface area contributed by atoms with Crippen molar-refractivity contribution < 1.29 is 4.74 Å². The van der Waals surface area contributed by atoms with Gasteiger partial charge in [-0.3, -0.25) is 4.90 Å². The van der Waals surface area contributed by atoms with Crippen molar-refractivity contribution >= 4 is 11.6 Å². The van der Waals surface area contributed by atoms with Crippen LogP contribution in [-0.4, -0.2) is 56.2 Å². The Morgan fingerprint density at radius 3 is 2.55 bits per heavy atom. The summed E-state index contributed by atoms with van der Waals surface area (Å²) in [5.41, 5.74) is 6.72. The highest BCUT2D eigenvalue weighted by molar-refractivity contribution is 6.30. The van der Waals surface area contributed by atoms with Gasteiger partial charge in [0.25, 0.3) is 0 Å². The molecule has 0 aromatic heterocycles. The molecule has 0 atom stereocenters. The van der Waals surface area contributed by atoms with E-state index in [0.717, 1.165) is 68.6 Å². The first-order valence-corrected chi connectivity index (χ1v) is 7.58. The molecule has 0 spiro atoms. The van der Waals surface area contributed by atoms with Crippen LogP contribution in [0.4, 0.5) is 0 Å². The van der Waals surface area contributed by atoms with Crippen LogP contribution in [0.5, 0.6) is 5.75 Å². The summed E-state index contributed by atoms with van der Waals surface area (Å²) in [5.74, 6) is 0.917. The molecule has 0 radical (unpaired) electrons. The minimum Gasteiger partial charge on any atom is -0.496 e. The molecule has 1 aliphatic heterocycles. The van der Waals surface area contributed by atoms with Gasteiger partial charge in [0.2, 0.25) is 0 Å². The number of halogens is 1. The summed E-state index contributed by atoms with van der Waals surface area (Å²) in [6.07, 6.45) is 1.09. The normalized spacial score (nSPS) is 17.4. The molecule has 0 amide bonds. The maximum absolute atomic E-state index is 6.08. The fraction of sp³-hybridized carbons (Fsp3) is 0.600. The van der Waals surface area contributed by atoms with E-state index in [0.29, 0.717) is 0 Å². The first kappa shape index (κ1) is 15.6. The third-order valence-corrected chi connectivity index (χ3v) is 4.01. The van der Waals surface area contributed by atoms with Crippen LogP contribution in [0.2, 0.25) is 5.02 Å². The summed E-state index contributed by atoms with van der Waals surface area (Å²) in [5, 5.41) is 0.766. The average Bonchev–Trinajstić information content (AvgIpc) is 2.47. The minimum atomic E-state index is 0.766. The first-order valence-electron chi connectivity index (χ1n) is 7.20.